The Balaban J connectivity index is 2.09. The zero-order valence-corrected chi connectivity index (χ0v) is 12.1. The van der Waals surface area contributed by atoms with E-state index in [-0.39, 0.29) is 0 Å². The minimum atomic E-state index is -0.444. The minimum Gasteiger partial charge on any atom is -0.236 e. The Kier molecular flexibility index (Phi) is 5.39. The minimum absolute atomic E-state index is 0.356. The summed E-state index contributed by atoms with van der Waals surface area (Å²) in [4.78, 5) is 8.17. The van der Waals surface area contributed by atoms with Crippen LogP contribution in [0.1, 0.15) is 43.7 Å². The van der Waals surface area contributed by atoms with E-state index in [4.69, 9.17) is 5.26 Å². The molecule has 0 fully saturated rings. The molecular formula is C17H18FN3. The number of rotatable bonds is 6. The number of nitrogens with zero attached hydrogens (tertiary/aromatic N) is 3. The Morgan fingerprint density at radius 1 is 1.14 bits per heavy atom. The van der Waals surface area contributed by atoms with Gasteiger partial charge in [-0.15, -0.1) is 0 Å². The molecule has 2 rings (SSSR count). The standard InChI is InChI=1S/C17H18FN3/c1-2-3-4-5-6-15-12-20-17(21-16(15)18)14-9-7-13(11-19)8-10-14/h7-10,12H,2-6H2,1H3. The van der Waals surface area contributed by atoms with Gasteiger partial charge in [-0.05, 0) is 37.1 Å². The Labute approximate surface area is 124 Å². The van der Waals surface area contributed by atoms with Crippen molar-refractivity contribution in [2.75, 3.05) is 0 Å². The number of benzene rings is 1. The van der Waals surface area contributed by atoms with Crippen molar-refractivity contribution in [3.63, 3.8) is 0 Å². The van der Waals surface area contributed by atoms with Gasteiger partial charge in [-0.2, -0.15) is 14.6 Å². The van der Waals surface area contributed by atoms with Gasteiger partial charge < -0.3 is 0 Å². The Hall–Kier alpha value is -2.28. The van der Waals surface area contributed by atoms with Crippen LogP contribution in [0.3, 0.4) is 0 Å². The summed E-state index contributed by atoms with van der Waals surface area (Å²) >= 11 is 0. The highest BCUT2D eigenvalue weighted by atomic mass is 19.1. The number of nitriles is 1. The molecule has 4 heteroatoms. The van der Waals surface area contributed by atoms with Gasteiger partial charge in [0.05, 0.1) is 11.6 Å². The van der Waals surface area contributed by atoms with Crippen molar-refractivity contribution in [2.45, 2.75) is 39.0 Å². The van der Waals surface area contributed by atoms with Crippen molar-refractivity contribution in [3.05, 3.63) is 47.5 Å². The van der Waals surface area contributed by atoms with Crippen LogP contribution < -0.4 is 0 Å². The zero-order chi connectivity index (χ0) is 15.1. The summed E-state index contributed by atoms with van der Waals surface area (Å²) in [6.07, 6.45) is 6.65. The first-order chi connectivity index (χ1) is 10.2. The number of unbranched alkanes of at least 4 members (excludes halogenated alkanes) is 3. The molecule has 0 amide bonds. The number of halogens is 1. The molecule has 0 saturated heterocycles. The average Bonchev–Trinajstić information content (AvgIpc) is 2.53. The molecule has 0 radical (unpaired) electrons. The molecule has 1 heterocycles. The molecule has 0 bridgehead atoms. The lowest BCUT2D eigenvalue weighted by molar-refractivity contribution is 0.553. The van der Waals surface area contributed by atoms with E-state index in [0.29, 0.717) is 28.9 Å². The summed E-state index contributed by atoms with van der Waals surface area (Å²) in [7, 11) is 0. The molecule has 0 spiro atoms. The third kappa shape index (κ3) is 4.09. The first kappa shape index (κ1) is 15.1. The second-order valence-electron chi connectivity index (χ2n) is 5.01. The third-order valence-corrected chi connectivity index (χ3v) is 3.38. The maximum Gasteiger partial charge on any atom is 0.219 e. The van der Waals surface area contributed by atoms with Gasteiger partial charge in [-0.1, -0.05) is 26.2 Å². The number of hydrogen-bond donors (Lipinski definition) is 0. The monoisotopic (exact) mass is 283 g/mol. The van der Waals surface area contributed by atoms with Gasteiger partial charge in [0.2, 0.25) is 5.95 Å². The highest BCUT2D eigenvalue weighted by Gasteiger charge is 2.08. The summed E-state index contributed by atoms with van der Waals surface area (Å²) < 4.78 is 14.0. The molecule has 21 heavy (non-hydrogen) atoms. The summed E-state index contributed by atoms with van der Waals surface area (Å²) in [6, 6.07) is 8.86. The van der Waals surface area contributed by atoms with Crippen molar-refractivity contribution in [2.24, 2.45) is 0 Å². The van der Waals surface area contributed by atoms with Crippen molar-refractivity contribution >= 4 is 0 Å². The Bertz CT molecular complexity index is 629. The maximum atomic E-state index is 14.0. The molecule has 1 aromatic carbocycles. The largest absolute Gasteiger partial charge is 0.236 e. The maximum absolute atomic E-state index is 14.0. The lowest BCUT2D eigenvalue weighted by Gasteiger charge is -2.05. The van der Waals surface area contributed by atoms with Gasteiger partial charge in [0.1, 0.15) is 0 Å². The van der Waals surface area contributed by atoms with Crippen LogP contribution in [0.15, 0.2) is 30.5 Å². The fraction of sp³-hybridized carbons (Fsp3) is 0.353. The molecule has 3 nitrogen and oxygen atoms in total. The van der Waals surface area contributed by atoms with Gasteiger partial charge in [0.15, 0.2) is 5.82 Å². The molecule has 0 atom stereocenters. The lowest BCUT2D eigenvalue weighted by Crippen LogP contribution is -1.99. The Morgan fingerprint density at radius 2 is 1.90 bits per heavy atom. The summed E-state index contributed by atoms with van der Waals surface area (Å²) in [5, 5.41) is 8.76. The fourth-order valence-corrected chi connectivity index (χ4v) is 2.13. The topological polar surface area (TPSA) is 49.6 Å². The quantitative estimate of drug-likeness (QED) is 0.587. The van der Waals surface area contributed by atoms with Crippen molar-refractivity contribution in [3.8, 4) is 17.5 Å². The van der Waals surface area contributed by atoms with Crippen LogP contribution in [0.4, 0.5) is 4.39 Å². The molecule has 0 N–H and O–H groups in total. The van der Waals surface area contributed by atoms with Crippen LogP contribution >= 0.6 is 0 Å². The van der Waals surface area contributed by atoms with Crippen molar-refractivity contribution < 1.29 is 4.39 Å². The predicted molar refractivity (Wildman–Crippen MR) is 80.0 cm³/mol. The van der Waals surface area contributed by atoms with E-state index < -0.39 is 5.95 Å². The van der Waals surface area contributed by atoms with Crippen LogP contribution in [0, 0.1) is 17.3 Å². The van der Waals surface area contributed by atoms with E-state index in [1.807, 2.05) is 6.07 Å². The van der Waals surface area contributed by atoms with E-state index in [1.165, 1.54) is 6.42 Å². The predicted octanol–water partition coefficient (Wildman–Crippen LogP) is 4.28. The molecule has 2 aromatic rings. The number of aryl methyl sites for hydroxylation is 1. The van der Waals surface area contributed by atoms with E-state index in [0.717, 1.165) is 19.3 Å². The summed E-state index contributed by atoms with van der Waals surface area (Å²) in [5.74, 6) is -0.0878. The molecule has 108 valence electrons. The molecule has 1 aromatic heterocycles. The van der Waals surface area contributed by atoms with Crippen LogP contribution in [-0.2, 0) is 6.42 Å². The summed E-state index contributed by atoms with van der Waals surface area (Å²) in [6.45, 7) is 2.15. The van der Waals surface area contributed by atoms with Crippen LogP contribution in [0.5, 0.6) is 0 Å². The molecule has 0 unspecified atom stereocenters. The molecule has 0 aliphatic rings. The van der Waals surface area contributed by atoms with Crippen molar-refractivity contribution in [1.82, 2.24) is 9.97 Å². The fourth-order valence-electron chi connectivity index (χ4n) is 2.13. The van der Waals surface area contributed by atoms with Gasteiger partial charge in [-0.3, -0.25) is 0 Å². The summed E-state index contributed by atoms with van der Waals surface area (Å²) in [5.41, 5.74) is 1.85. The first-order valence-electron chi connectivity index (χ1n) is 7.26. The van der Waals surface area contributed by atoms with E-state index >= 15 is 0 Å². The van der Waals surface area contributed by atoms with E-state index in [2.05, 4.69) is 16.9 Å². The van der Waals surface area contributed by atoms with Crippen LogP contribution in [0.2, 0.25) is 0 Å². The molecule has 0 aliphatic heterocycles. The number of aromatic nitrogens is 2. The molecule has 0 saturated carbocycles. The highest BCUT2D eigenvalue weighted by molar-refractivity contribution is 5.56. The van der Waals surface area contributed by atoms with Crippen LogP contribution in [-0.4, -0.2) is 9.97 Å². The molecular weight excluding hydrogens is 265 g/mol. The zero-order valence-electron chi connectivity index (χ0n) is 12.1. The third-order valence-electron chi connectivity index (χ3n) is 3.38. The Morgan fingerprint density at radius 3 is 2.52 bits per heavy atom. The van der Waals surface area contributed by atoms with Gasteiger partial charge in [-0.25, -0.2) is 4.98 Å². The van der Waals surface area contributed by atoms with Gasteiger partial charge in [0.25, 0.3) is 0 Å². The van der Waals surface area contributed by atoms with Crippen LogP contribution in [0.25, 0.3) is 11.4 Å². The van der Waals surface area contributed by atoms with Crippen molar-refractivity contribution in [1.29, 1.82) is 5.26 Å². The normalized spacial score (nSPS) is 10.3. The highest BCUT2D eigenvalue weighted by Crippen LogP contribution is 2.17. The molecule has 0 aliphatic carbocycles. The van der Waals surface area contributed by atoms with E-state index in [1.54, 1.807) is 30.5 Å². The van der Waals surface area contributed by atoms with Gasteiger partial charge in [0, 0.05) is 17.3 Å². The van der Waals surface area contributed by atoms with E-state index in [9.17, 15) is 4.39 Å². The average molecular weight is 283 g/mol. The second-order valence-corrected chi connectivity index (χ2v) is 5.01. The smallest absolute Gasteiger partial charge is 0.219 e. The van der Waals surface area contributed by atoms with Gasteiger partial charge >= 0.3 is 0 Å². The number of hydrogen-bond acceptors (Lipinski definition) is 3. The first-order valence-corrected chi connectivity index (χ1v) is 7.26. The SMILES string of the molecule is CCCCCCc1cnc(-c2ccc(C#N)cc2)nc1F. The lowest BCUT2D eigenvalue weighted by atomic mass is 10.1. The second kappa shape index (κ2) is 7.49.